The van der Waals surface area contributed by atoms with Crippen molar-refractivity contribution in [3.63, 3.8) is 0 Å². The fourth-order valence-corrected chi connectivity index (χ4v) is 3.59. The molecule has 4 heteroatoms. The number of nitrogens with zero attached hydrogens (tertiary/aromatic N) is 2. The third-order valence-corrected chi connectivity index (χ3v) is 4.88. The molecule has 0 spiro atoms. The van der Waals surface area contributed by atoms with Crippen molar-refractivity contribution in [1.82, 2.24) is 9.88 Å². The first kappa shape index (κ1) is 16.3. The molecule has 4 rings (SSSR count). The van der Waals surface area contributed by atoms with Gasteiger partial charge in [-0.25, -0.2) is 0 Å². The normalized spacial score (nSPS) is 16.0. The van der Waals surface area contributed by atoms with Gasteiger partial charge in [0.15, 0.2) is 0 Å². The molecular formula is C22H20N2O2. The number of rotatable bonds is 3. The summed E-state index contributed by atoms with van der Waals surface area (Å²) in [5, 5.41) is 0. The van der Waals surface area contributed by atoms with Crippen molar-refractivity contribution in [3.05, 3.63) is 95.3 Å². The van der Waals surface area contributed by atoms with Crippen molar-refractivity contribution in [2.45, 2.75) is 12.5 Å². The lowest BCUT2D eigenvalue weighted by Gasteiger charge is -2.38. The highest BCUT2D eigenvalue weighted by Crippen LogP contribution is 2.37. The Labute approximate surface area is 153 Å². The first-order chi connectivity index (χ1) is 12.8. The second-order valence-corrected chi connectivity index (χ2v) is 6.36. The smallest absolute Gasteiger partial charge is 0.254 e. The Kier molecular flexibility index (Phi) is 4.40. The predicted octanol–water partition coefficient (Wildman–Crippen LogP) is 3.88. The molecule has 0 aliphatic carbocycles. The molecule has 0 radical (unpaired) electrons. The summed E-state index contributed by atoms with van der Waals surface area (Å²) in [6.45, 7) is 0.681. The number of methoxy groups -OCH3 is 1. The van der Waals surface area contributed by atoms with Crippen LogP contribution in [-0.2, 0) is 6.42 Å². The lowest BCUT2D eigenvalue weighted by atomic mass is 9.87. The average molecular weight is 344 g/mol. The predicted molar refractivity (Wildman–Crippen MR) is 100 cm³/mol. The number of hydrogen-bond donors (Lipinski definition) is 0. The van der Waals surface area contributed by atoms with E-state index < -0.39 is 0 Å². The van der Waals surface area contributed by atoms with Crippen LogP contribution in [0.5, 0.6) is 5.75 Å². The van der Waals surface area contributed by atoms with E-state index in [-0.39, 0.29) is 11.9 Å². The Bertz CT molecular complexity index is 910. The molecule has 1 aliphatic rings. The van der Waals surface area contributed by atoms with Gasteiger partial charge in [0.25, 0.3) is 5.91 Å². The fourth-order valence-electron chi connectivity index (χ4n) is 3.59. The third kappa shape index (κ3) is 2.94. The summed E-state index contributed by atoms with van der Waals surface area (Å²) in [5.74, 6) is 0.831. The van der Waals surface area contributed by atoms with Crippen LogP contribution in [0.2, 0.25) is 0 Å². The molecular weight excluding hydrogens is 324 g/mol. The van der Waals surface area contributed by atoms with Crippen LogP contribution in [0.15, 0.2) is 73.1 Å². The first-order valence-corrected chi connectivity index (χ1v) is 8.70. The topological polar surface area (TPSA) is 42.4 Å². The molecule has 1 atom stereocenters. The minimum atomic E-state index is -0.129. The van der Waals surface area contributed by atoms with Crippen LogP contribution in [0.3, 0.4) is 0 Å². The molecule has 130 valence electrons. The quantitative estimate of drug-likeness (QED) is 0.724. The van der Waals surface area contributed by atoms with Crippen LogP contribution >= 0.6 is 0 Å². The van der Waals surface area contributed by atoms with Crippen LogP contribution in [-0.4, -0.2) is 29.4 Å². The zero-order chi connectivity index (χ0) is 17.9. The second-order valence-electron chi connectivity index (χ2n) is 6.36. The van der Waals surface area contributed by atoms with Gasteiger partial charge < -0.3 is 9.64 Å². The molecule has 1 aromatic heterocycles. The Hall–Kier alpha value is -3.14. The van der Waals surface area contributed by atoms with Gasteiger partial charge in [0.2, 0.25) is 0 Å². The Balaban J connectivity index is 1.82. The number of amides is 1. The van der Waals surface area contributed by atoms with Gasteiger partial charge in [-0.2, -0.15) is 0 Å². The van der Waals surface area contributed by atoms with Crippen LogP contribution in [0.4, 0.5) is 0 Å². The van der Waals surface area contributed by atoms with Gasteiger partial charge in [-0.3, -0.25) is 9.78 Å². The van der Waals surface area contributed by atoms with Crippen molar-refractivity contribution < 1.29 is 9.53 Å². The fraction of sp³-hybridized carbons (Fsp3) is 0.182. The molecule has 26 heavy (non-hydrogen) atoms. The van der Waals surface area contributed by atoms with Crippen molar-refractivity contribution in [1.29, 1.82) is 0 Å². The van der Waals surface area contributed by atoms with E-state index in [9.17, 15) is 4.79 Å². The van der Waals surface area contributed by atoms with Crippen LogP contribution in [0.1, 0.15) is 33.1 Å². The number of carbonyl (C=O) groups excluding carboxylic acids is 1. The lowest BCUT2D eigenvalue weighted by Crippen LogP contribution is -2.40. The first-order valence-electron chi connectivity index (χ1n) is 8.70. The number of ether oxygens (including phenoxy) is 1. The summed E-state index contributed by atoms with van der Waals surface area (Å²) in [4.78, 5) is 19.2. The number of benzene rings is 2. The number of aromatic nitrogens is 1. The summed E-state index contributed by atoms with van der Waals surface area (Å²) in [6.07, 6.45) is 4.15. The summed E-state index contributed by atoms with van der Waals surface area (Å²) in [5.41, 5.74) is 4.15. The monoisotopic (exact) mass is 344 g/mol. The van der Waals surface area contributed by atoms with Gasteiger partial charge in [-0.1, -0.05) is 36.4 Å². The zero-order valence-electron chi connectivity index (χ0n) is 14.6. The van der Waals surface area contributed by atoms with Gasteiger partial charge in [0.05, 0.1) is 13.2 Å². The highest BCUT2D eigenvalue weighted by Gasteiger charge is 2.32. The van der Waals surface area contributed by atoms with Gasteiger partial charge >= 0.3 is 0 Å². The number of carbonyl (C=O) groups is 1. The maximum Gasteiger partial charge on any atom is 0.254 e. The highest BCUT2D eigenvalue weighted by atomic mass is 16.5. The second kappa shape index (κ2) is 7.00. The molecule has 0 N–H and O–H groups in total. The average Bonchev–Trinajstić information content (AvgIpc) is 2.73. The molecule has 3 aromatic rings. The SMILES string of the molecule is COc1ccc2c(c1)C(c1ccccc1)N(C(=O)c1ccncc1)CC2. The van der Waals surface area contributed by atoms with Gasteiger partial charge in [0.1, 0.15) is 5.75 Å². The molecule has 2 heterocycles. The van der Waals surface area contributed by atoms with Crippen LogP contribution in [0.25, 0.3) is 0 Å². The molecule has 4 nitrogen and oxygen atoms in total. The van der Waals surface area contributed by atoms with Gasteiger partial charge in [-0.15, -0.1) is 0 Å². The maximum atomic E-state index is 13.2. The number of fused-ring (bicyclic) bond motifs is 1. The molecule has 0 saturated heterocycles. The Morgan fingerprint density at radius 1 is 1.08 bits per heavy atom. The molecule has 1 amide bonds. The molecule has 0 bridgehead atoms. The number of pyridine rings is 1. The highest BCUT2D eigenvalue weighted by molar-refractivity contribution is 5.94. The Morgan fingerprint density at radius 3 is 2.58 bits per heavy atom. The molecule has 0 saturated carbocycles. The van der Waals surface area contributed by atoms with Crippen LogP contribution < -0.4 is 4.74 Å². The van der Waals surface area contributed by atoms with Gasteiger partial charge in [0, 0.05) is 24.5 Å². The van der Waals surface area contributed by atoms with E-state index in [1.54, 1.807) is 31.6 Å². The molecule has 2 aromatic carbocycles. The third-order valence-electron chi connectivity index (χ3n) is 4.88. The van der Waals surface area contributed by atoms with E-state index >= 15 is 0 Å². The van der Waals surface area contributed by atoms with Gasteiger partial charge in [-0.05, 0) is 47.4 Å². The lowest BCUT2D eigenvalue weighted by molar-refractivity contribution is 0.0694. The summed E-state index contributed by atoms with van der Waals surface area (Å²) < 4.78 is 5.43. The van der Waals surface area contributed by atoms with E-state index in [0.29, 0.717) is 12.1 Å². The number of hydrogen-bond acceptors (Lipinski definition) is 3. The molecule has 1 unspecified atom stereocenters. The molecule has 0 fully saturated rings. The van der Waals surface area contributed by atoms with E-state index in [0.717, 1.165) is 23.3 Å². The van der Waals surface area contributed by atoms with E-state index in [1.807, 2.05) is 29.2 Å². The minimum absolute atomic E-state index is 0.0229. The van der Waals surface area contributed by atoms with E-state index in [4.69, 9.17) is 4.74 Å². The van der Waals surface area contributed by atoms with Crippen molar-refractivity contribution in [2.24, 2.45) is 0 Å². The largest absolute Gasteiger partial charge is 0.497 e. The summed E-state index contributed by atoms with van der Waals surface area (Å²) in [7, 11) is 1.67. The summed E-state index contributed by atoms with van der Waals surface area (Å²) >= 11 is 0. The van der Waals surface area contributed by atoms with E-state index in [2.05, 4.69) is 29.2 Å². The van der Waals surface area contributed by atoms with Crippen molar-refractivity contribution >= 4 is 5.91 Å². The Morgan fingerprint density at radius 2 is 1.85 bits per heavy atom. The van der Waals surface area contributed by atoms with E-state index in [1.165, 1.54) is 5.56 Å². The minimum Gasteiger partial charge on any atom is -0.497 e. The summed E-state index contributed by atoms with van der Waals surface area (Å²) in [6, 6.07) is 19.7. The standard InChI is InChI=1S/C22H20N2O2/c1-26-19-8-7-16-11-14-24(22(25)18-9-12-23-13-10-18)21(20(16)15-19)17-5-3-2-4-6-17/h2-10,12-13,15,21H,11,14H2,1H3. The van der Waals surface area contributed by atoms with Crippen molar-refractivity contribution in [2.75, 3.05) is 13.7 Å². The van der Waals surface area contributed by atoms with Crippen LogP contribution in [0, 0.1) is 0 Å². The molecule has 1 aliphatic heterocycles. The maximum absolute atomic E-state index is 13.2. The van der Waals surface area contributed by atoms with Crippen molar-refractivity contribution in [3.8, 4) is 5.75 Å². The zero-order valence-corrected chi connectivity index (χ0v) is 14.6.